The Labute approximate surface area is 135 Å². The quantitative estimate of drug-likeness (QED) is 0.770. The second-order valence-corrected chi connectivity index (χ2v) is 5.19. The van der Waals surface area contributed by atoms with Crippen molar-refractivity contribution in [3.8, 4) is 11.5 Å². The van der Waals surface area contributed by atoms with Crippen LogP contribution in [0.5, 0.6) is 11.5 Å². The molecule has 0 bridgehead atoms. The van der Waals surface area contributed by atoms with Crippen LogP contribution in [0.25, 0.3) is 0 Å². The molecule has 0 aliphatic carbocycles. The Bertz CT molecular complexity index is 875. The molecular formula is C15H12ClN3O4. The summed E-state index contributed by atoms with van der Waals surface area (Å²) in [6.45, 7) is 0.458. The van der Waals surface area contributed by atoms with E-state index in [1.165, 1.54) is 10.7 Å². The number of hydrogen-bond donors (Lipinski definition) is 1. The van der Waals surface area contributed by atoms with E-state index in [1.54, 1.807) is 30.5 Å². The van der Waals surface area contributed by atoms with Crippen LogP contribution in [0, 0.1) is 0 Å². The average molecular weight is 334 g/mol. The van der Waals surface area contributed by atoms with Crippen LogP contribution in [-0.2, 0) is 13.2 Å². The van der Waals surface area contributed by atoms with Crippen LogP contribution in [0.4, 0.5) is 0 Å². The van der Waals surface area contributed by atoms with Gasteiger partial charge < -0.3 is 14.3 Å². The van der Waals surface area contributed by atoms with Gasteiger partial charge in [0.05, 0.1) is 6.20 Å². The highest BCUT2D eigenvalue weighted by Crippen LogP contribution is 2.18. The van der Waals surface area contributed by atoms with Gasteiger partial charge in [0.25, 0.3) is 0 Å². The van der Waals surface area contributed by atoms with Gasteiger partial charge in [-0.2, -0.15) is 0 Å². The Morgan fingerprint density at radius 2 is 2.22 bits per heavy atom. The highest BCUT2D eigenvalue weighted by atomic mass is 35.5. The van der Waals surface area contributed by atoms with E-state index in [4.69, 9.17) is 25.9 Å². The van der Waals surface area contributed by atoms with Crippen molar-refractivity contribution >= 4 is 11.6 Å². The van der Waals surface area contributed by atoms with Crippen molar-refractivity contribution in [2.75, 3.05) is 0 Å². The van der Waals surface area contributed by atoms with E-state index < -0.39 is 11.2 Å². The molecule has 0 aliphatic heterocycles. The van der Waals surface area contributed by atoms with E-state index in [2.05, 4.69) is 10.3 Å². The average Bonchev–Trinajstić information content (AvgIpc) is 2.97. The molecule has 1 aromatic carbocycles. The van der Waals surface area contributed by atoms with Crippen LogP contribution in [0.2, 0.25) is 5.02 Å². The number of aromatic nitrogens is 3. The highest BCUT2D eigenvalue weighted by Gasteiger charge is 2.06. The third-order valence-electron chi connectivity index (χ3n) is 2.95. The van der Waals surface area contributed by atoms with Crippen molar-refractivity contribution in [3.05, 3.63) is 69.5 Å². The second kappa shape index (κ2) is 6.53. The largest absolute Gasteiger partial charge is 0.502 e. The zero-order valence-corrected chi connectivity index (χ0v) is 12.6. The van der Waals surface area contributed by atoms with Gasteiger partial charge >= 0.3 is 0 Å². The molecule has 1 N–H and O–H groups in total. The number of hydrogen-bond acceptors (Lipinski definition) is 6. The first-order chi connectivity index (χ1) is 11.1. The number of benzene rings is 1. The minimum Gasteiger partial charge on any atom is -0.502 e. The molecule has 3 aromatic rings. The summed E-state index contributed by atoms with van der Waals surface area (Å²) in [5.41, 5.74) is 0.113. The molecule has 0 aliphatic rings. The molecule has 3 rings (SSSR count). The van der Waals surface area contributed by atoms with Gasteiger partial charge in [-0.1, -0.05) is 22.9 Å². The van der Waals surface area contributed by atoms with E-state index >= 15 is 0 Å². The lowest BCUT2D eigenvalue weighted by atomic mass is 10.3. The first-order valence-corrected chi connectivity index (χ1v) is 7.06. The van der Waals surface area contributed by atoms with E-state index in [9.17, 15) is 4.79 Å². The Morgan fingerprint density at radius 1 is 1.35 bits per heavy atom. The number of halogens is 1. The molecule has 0 unspecified atom stereocenters. The van der Waals surface area contributed by atoms with E-state index in [1.807, 2.05) is 0 Å². The number of rotatable bonds is 5. The fourth-order valence-corrected chi connectivity index (χ4v) is 2.06. The maximum Gasteiger partial charge on any atom is 0.226 e. The maximum atomic E-state index is 11.3. The van der Waals surface area contributed by atoms with Gasteiger partial charge in [0, 0.05) is 11.1 Å². The molecule has 0 saturated carbocycles. The van der Waals surface area contributed by atoms with Gasteiger partial charge in [-0.3, -0.25) is 4.79 Å². The van der Waals surface area contributed by atoms with E-state index in [-0.39, 0.29) is 13.2 Å². The third kappa shape index (κ3) is 3.89. The number of ether oxygens (including phenoxy) is 1. The predicted molar refractivity (Wildman–Crippen MR) is 81.6 cm³/mol. The number of aromatic hydroxyl groups is 1. The molecule has 7 nitrogen and oxygen atoms in total. The summed E-state index contributed by atoms with van der Waals surface area (Å²) < 4.78 is 12.2. The van der Waals surface area contributed by atoms with Gasteiger partial charge in [0.1, 0.15) is 36.6 Å². The second-order valence-electron chi connectivity index (χ2n) is 4.75. The zero-order chi connectivity index (χ0) is 16.2. The molecule has 2 aromatic heterocycles. The zero-order valence-electron chi connectivity index (χ0n) is 11.8. The monoisotopic (exact) mass is 333 g/mol. The van der Waals surface area contributed by atoms with E-state index in [0.717, 1.165) is 6.26 Å². The van der Waals surface area contributed by atoms with E-state index in [0.29, 0.717) is 22.2 Å². The Morgan fingerprint density at radius 3 is 3.00 bits per heavy atom. The lowest BCUT2D eigenvalue weighted by molar-refractivity contribution is 0.301. The Kier molecular flexibility index (Phi) is 4.29. The normalized spacial score (nSPS) is 10.7. The molecule has 23 heavy (non-hydrogen) atoms. The molecule has 0 amide bonds. The summed E-state index contributed by atoms with van der Waals surface area (Å²) in [5, 5.41) is 17.6. The van der Waals surface area contributed by atoms with Crippen molar-refractivity contribution in [2.24, 2.45) is 0 Å². The first-order valence-electron chi connectivity index (χ1n) is 6.68. The molecule has 118 valence electrons. The van der Waals surface area contributed by atoms with Crippen molar-refractivity contribution in [2.45, 2.75) is 13.2 Å². The van der Waals surface area contributed by atoms with Crippen LogP contribution >= 0.6 is 11.6 Å². The fraction of sp³-hybridized carbons (Fsp3) is 0.133. The Hall–Kier alpha value is -2.80. The fourth-order valence-electron chi connectivity index (χ4n) is 1.88. The molecule has 2 heterocycles. The minimum atomic E-state index is -0.504. The minimum absolute atomic E-state index is 0.222. The summed E-state index contributed by atoms with van der Waals surface area (Å²) in [7, 11) is 0. The standard InChI is InChI=1S/C15H12ClN3O4/c16-10-2-1-3-12(4-10)22-8-11-6-19(18-17-11)7-13-5-14(20)15(21)9-23-13/h1-6,9,21H,7-8H2. The summed E-state index contributed by atoms with van der Waals surface area (Å²) in [5.74, 6) is 0.569. The molecule has 0 radical (unpaired) electrons. The predicted octanol–water partition coefficient (Wildman–Crippen LogP) is 2.22. The molecule has 0 fully saturated rings. The van der Waals surface area contributed by atoms with Crippen molar-refractivity contribution in [1.29, 1.82) is 0 Å². The summed E-state index contributed by atoms with van der Waals surface area (Å²) in [6.07, 6.45) is 2.68. The SMILES string of the molecule is O=c1cc(Cn2cc(COc3cccc(Cl)c3)nn2)occ1O. The molecule has 0 atom stereocenters. The lowest BCUT2D eigenvalue weighted by Gasteiger charge is -2.03. The molecule has 0 saturated heterocycles. The van der Waals surface area contributed by atoms with Crippen LogP contribution in [0.3, 0.4) is 0 Å². The lowest BCUT2D eigenvalue weighted by Crippen LogP contribution is -2.05. The van der Waals surface area contributed by atoms with Gasteiger partial charge in [-0.15, -0.1) is 5.10 Å². The Balaban J connectivity index is 1.63. The summed E-state index contributed by atoms with van der Waals surface area (Å²) in [6, 6.07) is 8.26. The van der Waals surface area contributed by atoms with Crippen molar-refractivity contribution in [1.82, 2.24) is 15.0 Å². The van der Waals surface area contributed by atoms with Crippen molar-refractivity contribution in [3.63, 3.8) is 0 Å². The topological polar surface area (TPSA) is 90.4 Å². The van der Waals surface area contributed by atoms with Crippen LogP contribution in [-0.4, -0.2) is 20.1 Å². The van der Waals surface area contributed by atoms with Crippen LogP contribution in [0.1, 0.15) is 11.5 Å². The van der Waals surface area contributed by atoms with Gasteiger partial charge in [0.15, 0.2) is 5.75 Å². The molecule has 8 heteroatoms. The maximum absolute atomic E-state index is 11.3. The van der Waals surface area contributed by atoms with Gasteiger partial charge in [-0.05, 0) is 18.2 Å². The summed E-state index contributed by atoms with van der Waals surface area (Å²) >= 11 is 5.88. The smallest absolute Gasteiger partial charge is 0.226 e. The number of nitrogens with zero attached hydrogens (tertiary/aromatic N) is 3. The molecule has 0 spiro atoms. The van der Waals surface area contributed by atoms with Gasteiger partial charge in [-0.25, -0.2) is 4.68 Å². The molecular weight excluding hydrogens is 322 g/mol. The van der Waals surface area contributed by atoms with Crippen LogP contribution in [0.15, 0.2) is 52.0 Å². The van der Waals surface area contributed by atoms with Crippen LogP contribution < -0.4 is 10.2 Å². The highest BCUT2D eigenvalue weighted by molar-refractivity contribution is 6.30. The van der Waals surface area contributed by atoms with Crippen molar-refractivity contribution < 1.29 is 14.3 Å². The summed E-state index contributed by atoms with van der Waals surface area (Å²) in [4.78, 5) is 11.3. The third-order valence-corrected chi connectivity index (χ3v) is 3.19. The van der Waals surface area contributed by atoms with Gasteiger partial charge in [0.2, 0.25) is 5.43 Å². The first kappa shape index (κ1) is 15.1.